The molecule has 0 unspecified atom stereocenters. The number of anilines is 1. The summed E-state index contributed by atoms with van der Waals surface area (Å²) in [6, 6.07) is 17.0. The van der Waals surface area contributed by atoms with Gasteiger partial charge in [-0.1, -0.05) is 24.3 Å². The van der Waals surface area contributed by atoms with Gasteiger partial charge in [-0.2, -0.15) is 0 Å². The molecule has 0 aliphatic heterocycles. The highest BCUT2D eigenvalue weighted by molar-refractivity contribution is 6.05. The van der Waals surface area contributed by atoms with E-state index in [2.05, 4.69) is 9.97 Å². The number of hydrogen-bond acceptors (Lipinski definition) is 3. The van der Waals surface area contributed by atoms with Crippen LogP contribution in [0.1, 0.15) is 15.9 Å². The minimum Gasteiger partial charge on any atom is -0.304 e. The average molecular weight is 289 g/mol. The second kappa shape index (κ2) is 6.63. The summed E-state index contributed by atoms with van der Waals surface area (Å²) in [6.07, 6.45) is 6.73. The van der Waals surface area contributed by atoms with Gasteiger partial charge in [0.15, 0.2) is 0 Å². The standard InChI is InChI=1S/C18H15N3O/c22-18(16-7-5-11-20-13-16)21(17-8-2-1-3-9-17)14-15-6-4-10-19-12-15/h1-13H,14H2. The third-order valence-corrected chi connectivity index (χ3v) is 3.28. The molecule has 0 aliphatic carbocycles. The maximum absolute atomic E-state index is 12.8. The first-order valence-corrected chi connectivity index (χ1v) is 7.00. The molecule has 3 rings (SSSR count). The van der Waals surface area contributed by atoms with Crippen LogP contribution in [0.3, 0.4) is 0 Å². The molecule has 2 heterocycles. The third kappa shape index (κ3) is 3.17. The number of para-hydroxylation sites is 1. The lowest BCUT2D eigenvalue weighted by molar-refractivity contribution is 0.0985. The molecule has 0 saturated carbocycles. The minimum absolute atomic E-state index is 0.0804. The van der Waals surface area contributed by atoms with E-state index in [1.165, 1.54) is 0 Å². The highest BCUT2D eigenvalue weighted by Gasteiger charge is 2.18. The highest BCUT2D eigenvalue weighted by Crippen LogP contribution is 2.19. The van der Waals surface area contributed by atoms with E-state index in [9.17, 15) is 4.79 Å². The Hall–Kier alpha value is -3.01. The Bertz CT molecular complexity index is 730. The van der Waals surface area contributed by atoms with E-state index in [-0.39, 0.29) is 5.91 Å². The van der Waals surface area contributed by atoms with E-state index in [1.54, 1.807) is 41.8 Å². The molecule has 108 valence electrons. The zero-order valence-electron chi connectivity index (χ0n) is 12.0. The first-order valence-electron chi connectivity index (χ1n) is 7.00. The van der Waals surface area contributed by atoms with E-state index in [1.807, 2.05) is 42.5 Å². The van der Waals surface area contributed by atoms with Gasteiger partial charge in [0, 0.05) is 30.5 Å². The van der Waals surface area contributed by atoms with Crippen LogP contribution in [0.25, 0.3) is 0 Å². The lowest BCUT2D eigenvalue weighted by Crippen LogP contribution is -2.30. The number of benzene rings is 1. The van der Waals surface area contributed by atoms with Gasteiger partial charge >= 0.3 is 0 Å². The number of pyridine rings is 2. The smallest absolute Gasteiger partial charge is 0.260 e. The van der Waals surface area contributed by atoms with Gasteiger partial charge in [-0.05, 0) is 35.9 Å². The predicted octanol–water partition coefficient (Wildman–Crippen LogP) is 3.32. The summed E-state index contributed by atoms with van der Waals surface area (Å²) in [5, 5.41) is 0. The van der Waals surface area contributed by atoms with Crippen LogP contribution in [-0.4, -0.2) is 15.9 Å². The van der Waals surface area contributed by atoms with Crippen molar-refractivity contribution >= 4 is 11.6 Å². The van der Waals surface area contributed by atoms with Crippen LogP contribution >= 0.6 is 0 Å². The van der Waals surface area contributed by atoms with Gasteiger partial charge in [-0.15, -0.1) is 0 Å². The molecule has 0 aliphatic rings. The summed E-state index contributed by atoms with van der Waals surface area (Å²) in [5.74, 6) is -0.0804. The third-order valence-electron chi connectivity index (χ3n) is 3.28. The molecule has 4 nitrogen and oxygen atoms in total. The second-order valence-corrected chi connectivity index (χ2v) is 4.83. The Morgan fingerprint density at radius 3 is 2.23 bits per heavy atom. The molecule has 1 aromatic carbocycles. The zero-order valence-corrected chi connectivity index (χ0v) is 12.0. The van der Waals surface area contributed by atoms with Crippen LogP contribution in [0.15, 0.2) is 79.4 Å². The van der Waals surface area contributed by atoms with Crippen molar-refractivity contribution in [2.24, 2.45) is 0 Å². The van der Waals surface area contributed by atoms with Gasteiger partial charge in [0.05, 0.1) is 12.1 Å². The Labute approximate surface area is 129 Å². The molecule has 3 aromatic rings. The lowest BCUT2D eigenvalue weighted by Gasteiger charge is -2.22. The van der Waals surface area contributed by atoms with E-state index < -0.39 is 0 Å². The number of aromatic nitrogens is 2. The van der Waals surface area contributed by atoms with Crippen LogP contribution in [0.5, 0.6) is 0 Å². The molecule has 4 heteroatoms. The fourth-order valence-corrected chi connectivity index (χ4v) is 2.21. The van der Waals surface area contributed by atoms with Crippen molar-refractivity contribution in [3.05, 3.63) is 90.5 Å². The fraction of sp³-hybridized carbons (Fsp3) is 0.0556. The number of carbonyl (C=O) groups excluding carboxylic acids is 1. The first-order chi connectivity index (χ1) is 10.8. The Morgan fingerprint density at radius 2 is 1.59 bits per heavy atom. The summed E-state index contributed by atoms with van der Waals surface area (Å²) in [4.78, 5) is 22.7. The summed E-state index contributed by atoms with van der Waals surface area (Å²) in [7, 11) is 0. The predicted molar refractivity (Wildman–Crippen MR) is 85.4 cm³/mol. The number of amides is 1. The van der Waals surface area contributed by atoms with Crippen molar-refractivity contribution in [3.63, 3.8) is 0 Å². The van der Waals surface area contributed by atoms with E-state index >= 15 is 0 Å². The van der Waals surface area contributed by atoms with Gasteiger partial charge in [0.25, 0.3) is 5.91 Å². The number of nitrogens with zero attached hydrogens (tertiary/aromatic N) is 3. The van der Waals surface area contributed by atoms with Gasteiger partial charge in [-0.25, -0.2) is 0 Å². The molecular weight excluding hydrogens is 274 g/mol. The largest absolute Gasteiger partial charge is 0.304 e. The molecule has 0 atom stereocenters. The van der Waals surface area contributed by atoms with E-state index in [0.717, 1.165) is 11.3 Å². The van der Waals surface area contributed by atoms with Gasteiger partial charge < -0.3 is 4.90 Å². The monoisotopic (exact) mass is 289 g/mol. The van der Waals surface area contributed by atoms with Crippen molar-refractivity contribution in [3.8, 4) is 0 Å². The van der Waals surface area contributed by atoms with E-state index in [4.69, 9.17) is 0 Å². The normalized spacial score (nSPS) is 10.2. The van der Waals surface area contributed by atoms with Crippen LogP contribution in [0, 0.1) is 0 Å². The Balaban J connectivity index is 1.95. The lowest BCUT2D eigenvalue weighted by atomic mass is 10.2. The van der Waals surface area contributed by atoms with Gasteiger partial charge in [0.2, 0.25) is 0 Å². The molecule has 0 bridgehead atoms. The number of hydrogen-bond donors (Lipinski definition) is 0. The quantitative estimate of drug-likeness (QED) is 0.740. The Morgan fingerprint density at radius 1 is 0.864 bits per heavy atom. The number of carbonyl (C=O) groups is 1. The summed E-state index contributed by atoms with van der Waals surface area (Å²) in [5.41, 5.74) is 2.39. The van der Waals surface area contributed by atoms with Crippen molar-refractivity contribution in [1.82, 2.24) is 9.97 Å². The molecule has 0 N–H and O–H groups in total. The van der Waals surface area contributed by atoms with E-state index in [0.29, 0.717) is 12.1 Å². The van der Waals surface area contributed by atoms with Crippen LogP contribution in [-0.2, 0) is 6.54 Å². The summed E-state index contributed by atoms with van der Waals surface area (Å²) in [6.45, 7) is 0.464. The molecule has 22 heavy (non-hydrogen) atoms. The Kier molecular flexibility index (Phi) is 4.20. The van der Waals surface area contributed by atoms with Crippen LogP contribution in [0.4, 0.5) is 5.69 Å². The molecule has 2 aromatic heterocycles. The maximum atomic E-state index is 12.8. The topological polar surface area (TPSA) is 46.1 Å². The first kappa shape index (κ1) is 13.9. The SMILES string of the molecule is O=C(c1cccnc1)N(Cc1cccnc1)c1ccccc1. The van der Waals surface area contributed by atoms with Crippen LogP contribution in [0.2, 0.25) is 0 Å². The van der Waals surface area contributed by atoms with Crippen molar-refractivity contribution in [1.29, 1.82) is 0 Å². The van der Waals surface area contributed by atoms with Gasteiger partial charge in [-0.3, -0.25) is 14.8 Å². The molecule has 0 fully saturated rings. The maximum Gasteiger partial charge on any atom is 0.260 e. The van der Waals surface area contributed by atoms with Crippen LogP contribution < -0.4 is 4.90 Å². The summed E-state index contributed by atoms with van der Waals surface area (Å²) >= 11 is 0. The molecular formula is C18H15N3O. The highest BCUT2D eigenvalue weighted by atomic mass is 16.2. The number of rotatable bonds is 4. The fourth-order valence-electron chi connectivity index (χ4n) is 2.21. The zero-order chi connectivity index (χ0) is 15.2. The minimum atomic E-state index is -0.0804. The average Bonchev–Trinajstić information content (AvgIpc) is 2.61. The van der Waals surface area contributed by atoms with Crippen molar-refractivity contribution < 1.29 is 4.79 Å². The van der Waals surface area contributed by atoms with Crippen molar-refractivity contribution in [2.45, 2.75) is 6.54 Å². The van der Waals surface area contributed by atoms with Crippen molar-refractivity contribution in [2.75, 3.05) is 4.90 Å². The molecule has 1 amide bonds. The molecule has 0 saturated heterocycles. The molecule has 0 radical (unpaired) electrons. The second-order valence-electron chi connectivity index (χ2n) is 4.83. The molecule has 0 spiro atoms. The summed E-state index contributed by atoms with van der Waals surface area (Å²) < 4.78 is 0. The van der Waals surface area contributed by atoms with Gasteiger partial charge in [0.1, 0.15) is 0 Å².